The Morgan fingerprint density at radius 1 is 1.45 bits per heavy atom. The topological polar surface area (TPSA) is 37.4 Å². The minimum Gasteiger partial charge on any atom is -0.378 e. The van der Waals surface area contributed by atoms with Gasteiger partial charge in [-0.05, 0) is 25.3 Å². The standard InChI is InChI=1S/C15H27N3OS/c1-5-16-8-14-13(10-19-4)17-15(20-14)18(9-11(2)3)12-6-7-12/h11-12,16H,5-10H2,1-4H3. The zero-order valence-electron chi connectivity index (χ0n) is 13.1. The van der Waals surface area contributed by atoms with Crippen LogP contribution in [0.2, 0.25) is 0 Å². The molecule has 0 radical (unpaired) electrons. The molecule has 1 aliphatic rings. The lowest BCUT2D eigenvalue weighted by Crippen LogP contribution is -2.29. The second-order valence-electron chi connectivity index (χ2n) is 5.86. The summed E-state index contributed by atoms with van der Waals surface area (Å²) in [7, 11) is 1.74. The van der Waals surface area contributed by atoms with Gasteiger partial charge in [-0.1, -0.05) is 20.8 Å². The van der Waals surface area contributed by atoms with Crippen LogP contribution in [0, 0.1) is 5.92 Å². The van der Waals surface area contributed by atoms with Crippen molar-refractivity contribution in [3.05, 3.63) is 10.6 Å². The summed E-state index contributed by atoms with van der Waals surface area (Å²) in [5.74, 6) is 0.669. The van der Waals surface area contributed by atoms with E-state index in [0.717, 1.165) is 25.3 Å². The van der Waals surface area contributed by atoms with E-state index < -0.39 is 0 Å². The number of hydrogen-bond donors (Lipinski definition) is 1. The van der Waals surface area contributed by atoms with E-state index in [1.54, 1.807) is 7.11 Å². The second kappa shape index (κ2) is 7.38. The van der Waals surface area contributed by atoms with Crippen LogP contribution in [0.25, 0.3) is 0 Å². The summed E-state index contributed by atoms with van der Waals surface area (Å²) in [6, 6.07) is 0.714. The lowest BCUT2D eigenvalue weighted by molar-refractivity contribution is 0.181. The van der Waals surface area contributed by atoms with Crippen molar-refractivity contribution in [1.82, 2.24) is 10.3 Å². The lowest BCUT2D eigenvalue weighted by atomic mass is 10.2. The molecule has 0 aliphatic heterocycles. The molecule has 1 N–H and O–H groups in total. The molecule has 2 rings (SSSR count). The van der Waals surface area contributed by atoms with Crippen LogP contribution in [-0.2, 0) is 17.9 Å². The zero-order chi connectivity index (χ0) is 14.5. The molecule has 1 saturated carbocycles. The fourth-order valence-corrected chi connectivity index (χ4v) is 3.40. The molecule has 5 heteroatoms. The molecule has 1 fully saturated rings. The Kier molecular flexibility index (Phi) is 5.81. The predicted octanol–water partition coefficient (Wildman–Crippen LogP) is 3.02. The number of methoxy groups -OCH3 is 1. The summed E-state index contributed by atoms with van der Waals surface area (Å²) in [6.07, 6.45) is 2.63. The molecule has 1 aromatic rings. The molecule has 1 aromatic heterocycles. The highest BCUT2D eigenvalue weighted by molar-refractivity contribution is 7.15. The molecular formula is C15H27N3OS. The molecule has 0 aromatic carbocycles. The molecule has 0 atom stereocenters. The van der Waals surface area contributed by atoms with Gasteiger partial charge >= 0.3 is 0 Å². The Hall–Kier alpha value is -0.650. The van der Waals surface area contributed by atoms with Crippen molar-refractivity contribution in [2.75, 3.05) is 25.1 Å². The van der Waals surface area contributed by atoms with E-state index in [0.29, 0.717) is 18.6 Å². The van der Waals surface area contributed by atoms with Crippen molar-refractivity contribution in [2.45, 2.75) is 52.8 Å². The number of hydrogen-bond acceptors (Lipinski definition) is 5. The maximum absolute atomic E-state index is 5.30. The first-order chi connectivity index (χ1) is 9.65. The van der Waals surface area contributed by atoms with Crippen LogP contribution in [0.3, 0.4) is 0 Å². The molecule has 1 aliphatic carbocycles. The Bertz CT molecular complexity index is 415. The van der Waals surface area contributed by atoms with E-state index in [2.05, 4.69) is 31.0 Å². The molecule has 1 heterocycles. The van der Waals surface area contributed by atoms with Crippen LogP contribution in [0.4, 0.5) is 5.13 Å². The average Bonchev–Trinajstić information content (AvgIpc) is 3.16. The minimum absolute atomic E-state index is 0.609. The third kappa shape index (κ3) is 4.17. The van der Waals surface area contributed by atoms with Crippen LogP contribution in [-0.4, -0.2) is 31.2 Å². The van der Waals surface area contributed by atoms with Crippen molar-refractivity contribution in [3.8, 4) is 0 Å². The molecule has 20 heavy (non-hydrogen) atoms. The molecule has 114 valence electrons. The zero-order valence-corrected chi connectivity index (χ0v) is 13.9. The third-order valence-electron chi connectivity index (χ3n) is 3.38. The van der Waals surface area contributed by atoms with E-state index in [1.807, 2.05) is 11.3 Å². The van der Waals surface area contributed by atoms with Crippen molar-refractivity contribution in [1.29, 1.82) is 0 Å². The van der Waals surface area contributed by atoms with Gasteiger partial charge < -0.3 is 15.0 Å². The number of nitrogens with one attached hydrogen (secondary N) is 1. The Labute approximate surface area is 126 Å². The molecular weight excluding hydrogens is 270 g/mol. The molecule has 4 nitrogen and oxygen atoms in total. The predicted molar refractivity (Wildman–Crippen MR) is 85.4 cm³/mol. The minimum atomic E-state index is 0.609. The van der Waals surface area contributed by atoms with Gasteiger partial charge in [-0.2, -0.15) is 0 Å². The molecule has 0 saturated heterocycles. The van der Waals surface area contributed by atoms with E-state index in [1.165, 1.54) is 22.9 Å². The third-order valence-corrected chi connectivity index (χ3v) is 4.51. The molecule has 0 bridgehead atoms. The van der Waals surface area contributed by atoms with Crippen molar-refractivity contribution in [2.24, 2.45) is 5.92 Å². The van der Waals surface area contributed by atoms with Gasteiger partial charge in [0.2, 0.25) is 0 Å². The number of nitrogens with zero attached hydrogens (tertiary/aromatic N) is 2. The molecule has 0 amide bonds. The van der Waals surface area contributed by atoms with E-state index in [4.69, 9.17) is 9.72 Å². The van der Waals surface area contributed by atoms with Crippen molar-refractivity contribution >= 4 is 16.5 Å². The van der Waals surface area contributed by atoms with Gasteiger partial charge in [-0.15, -0.1) is 11.3 Å². The average molecular weight is 297 g/mol. The lowest BCUT2D eigenvalue weighted by Gasteiger charge is -2.23. The number of aromatic nitrogens is 1. The smallest absolute Gasteiger partial charge is 0.186 e. The molecule has 0 spiro atoms. The quantitative estimate of drug-likeness (QED) is 0.760. The number of ether oxygens (including phenoxy) is 1. The van der Waals surface area contributed by atoms with Gasteiger partial charge in [-0.3, -0.25) is 0 Å². The largest absolute Gasteiger partial charge is 0.378 e. The van der Waals surface area contributed by atoms with Gasteiger partial charge in [0.25, 0.3) is 0 Å². The highest BCUT2D eigenvalue weighted by Gasteiger charge is 2.31. The number of rotatable bonds is 9. The second-order valence-corrected chi connectivity index (χ2v) is 6.92. The van der Waals surface area contributed by atoms with Crippen LogP contribution in [0.15, 0.2) is 0 Å². The van der Waals surface area contributed by atoms with E-state index >= 15 is 0 Å². The van der Waals surface area contributed by atoms with E-state index in [-0.39, 0.29) is 0 Å². The van der Waals surface area contributed by atoms with Gasteiger partial charge in [0.05, 0.1) is 12.3 Å². The Morgan fingerprint density at radius 2 is 2.20 bits per heavy atom. The summed E-state index contributed by atoms with van der Waals surface area (Å²) < 4.78 is 5.30. The van der Waals surface area contributed by atoms with Gasteiger partial charge in [0, 0.05) is 31.1 Å². The monoisotopic (exact) mass is 297 g/mol. The van der Waals surface area contributed by atoms with Crippen LogP contribution in [0.1, 0.15) is 44.2 Å². The summed E-state index contributed by atoms with van der Waals surface area (Å²) in [6.45, 7) is 10.3. The summed E-state index contributed by atoms with van der Waals surface area (Å²) in [5.41, 5.74) is 1.10. The fourth-order valence-electron chi connectivity index (χ4n) is 2.28. The van der Waals surface area contributed by atoms with E-state index in [9.17, 15) is 0 Å². The fraction of sp³-hybridized carbons (Fsp3) is 0.800. The van der Waals surface area contributed by atoms with Crippen LogP contribution < -0.4 is 10.2 Å². The van der Waals surface area contributed by atoms with Gasteiger partial charge in [0.1, 0.15) is 0 Å². The Balaban J connectivity index is 2.16. The normalized spacial score (nSPS) is 15.1. The summed E-state index contributed by atoms with van der Waals surface area (Å²) in [5, 5.41) is 4.58. The maximum atomic E-state index is 5.30. The Morgan fingerprint density at radius 3 is 2.75 bits per heavy atom. The highest BCUT2D eigenvalue weighted by Crippen LogP contribution is 2.36. The SMILES string of the molecule is CCNCc1sc(N(CC(C)C)C2CC2)nc1COC. The highest BCUT2D eigenvalue weighted by atomic mass is 32.1. The number of thiazole rings is 1. The molecule has 0 unspecified atom stereocenters. The summed E-state index contributed by atoms with van der Waals surface area (Å²) in [4.78, 5) is 8.67. The number of anilines is 1. The summed E-state index contributed by atoms with van der Waals surface area (Å²) >= 11 is 1.83. The first-order valence-electron chi connectivity index (χ1n) is 7.60. The first-order valence-corrected chi connectivity index (χ1v) is 8.42. The maximum Gasteiger partial charge on any atom is 0.186 e. The van der Waals surface area contributed by atoms with Crippen molar-refractivity contribution < 1.29 is 4.74 Å². The van der Waals surface area contributed by atoms with Crippen LogP contribution >= 0.6 is 11.3 Å². The first kappa shape index (κ1) is 15.7. The van der Waals surface area contributed by atoms with Crippen molar-refractivity contribution in [3.63, 3.8) is 0 Å². The van der Waals surface area contributed by atoms with Gasteiger partial charge in [0.15, 0.2) is 5.13 Å². The van der Waals surface area contributed by atoms with Crippen LogP contribution in [0.5, 0.6) is 0 Å². The van der Waals surface area contributed by atoms with Gasteiger partial charge in [-0.25, -0.2) is 4.98 Å².